The van der Waals surface area contributed by atoms with Crippen molar-refractivity contribution in [1.82, 2.24) is 4.57 Å². The van der Waals surface area contributed by atoms with Crippen LogP contribution in [0.15, 0.2) is 63.5 Å². The molecule has 212 valence electrons. The SMILES string of the molecule is CCOC(=O)C1=C(C(F)(F)F)N=c2s/c(=C\c3ccc(N(CC)CC)cc3OC)c(=O)n2[C@H]1c1ccc(Cl)cc1. The Labute approximate surface area is 237 Å². The van der Waals surface area contributed by atoms with Gasteiger partial charge in [0.15, 0.2) is 10.5 Å². The van der Waals surface area contributed by atoms with Gasteiger partial charge in [0.2, 0.25) is 0 Å². The lowest BCUT2D eigenvalue weighted by Crippen LogP contribution is -2.41. The minimum atomic E-state index is -4.98. The van der Waals surface area contributed by atoms with Crippen LogP contribution in [0.4, 0.5) is 18.9 Å². The summed E-state index contributed by atoms with van der Waals surface area (Å²) in [5.74, 6) is -0.714. The fraction of sp³-hybridized carbons (Fsp3) is 0.321. The van der Waals surface area contributed by atoms with Crippen molar-refractivity contribution in [2.24, 2.45) is 4.99 Å². The first-order valence-electron chi connectivity index (χ1n) is 12.5. The van der Waals surface area contributed by atoms with E-state index in [4.69, 9.17) is 21.1 Å². The van der Waals surface area contributed by atoms with Crippen molar-refractivity contribution in [3.8, 4) is 5.75 Å². The molecule has 0 unspecified atom stereocenters. The topological polar surface area (TPSA) is 73.1 Å². The van der Waals surface area contributed by atoms with Crippen LogP contribution in [0.5, 0.6) is 5.75 Å². The minimum absolute atomic E-state index is 0.123. The van der Waals surface area contributed by atoms with Crippen LogP contribution in [0.3, 0.4) is 0 Å². The lowest BCUT2D eigenvalue weighted by atomic mass is 9.95. The van der Waals surface area contributed by atoms with Gasteiger partial charge in [-0.15, -0.1) is 0 Å². The van der Waals surface area contributed by atoms with E-state index in [1.54, 1.807) is 12.1 Å². The number of methoxy groups -OCH3 is 1. The van der Waals surface area contributed by atoms with E-state index in [-0.39, 0.29) is 21.5 Å². The number of benzene rings is 2. The second-order valence-electron chi connectivity index (χ2n) is 8.71. The summed E-state index contributed by atoms with van der Waals surface area (Å²) in [6.07, 6.45) is -3.43. The maximum Gasteiger partial charge on any atom is 0.434 e. The Morgan fingerprint density at radius 3 is 2.40 bits per heavy atom. The molecular weight excluding hydrogens is 567 g/mol. The quantitative estimate of drug-likeness (QED) is 0.349. The van der Waals surface area contributed by atoms with Gasteiger partial charge in [0, 0.05) is 35.4 Å². The largest absolute Gasteiger partial charge is 0.496 e. The lowest BCUT2D eigenvalue weighted by Gasteiger charge is -2.26. The van der Waals surface area contributed by atoms with Gasteiger partial charge in [-0.05, 0) is 56.7 Å². The summed E-state index contributed by atoms with van der Waals surface area (Å²) in [4.78, 5) is 32.4. The monoisotopic (exact) mass is 593 g/mol. The van der Waals surface area contributed by atoms with Crippen molar-refractivity contribution in [3.63, 3.8) is 0 Å². The van der Waals surface area contributed by atoms with Crippen LogP contribution in [-0.4, -0.2) is 43.5 Å². The molecule has 0 fully saturated rings. The number of thiazole rings is 1. The summed E-state index contributed by atoms with van der Waals surface area (Å²) < 4.78 is 54.6. The number of ether oxygens (including phenoxy) is 2. The third-order valence-electron chi connectivity index (χ3n) is 6.41. The van der Waals surface area contributed by atoms with Gasteiger partial charge in [-0.25, -0.2) is 9.79 Å². The molecule has 1 aliphatic heterocycles. The molecule has 0 bridgehead atoms. The summed E-state index contributed by atoms with van der Waals surface area (Å²) in [6.45, 7) is 6.95. The Bertz CT molecular complexity index is 1620. The van der Waals surface area contributed by atoms with E-state index in [0.717, 1.165) is 34.7 Å². The van der Waals surface area contributed by atoms with Crippen LogP contribution in [-0.2, 0) is 9.53 Å². The standard InChI is InChI=1S/C28H27ClF3N3O4S/c1-5-34(6-2)19-13-10-17(20(15-19)38-4)14-21-25(36)35-23(16-8-11-18(29)12-9-16)22(26(37)39-7-3)24(28(30,31)32)33-27(35)40-21/h8-15,23H,5-7H2,1-4H3/b21-14-/t23-/m0/s1. The van der Waals surface area contributed by atoms with Gasteiger partial charge < -0.3 is 14.4 Å². The number of hydrogen-bond donors (Lipinski definition) is 0. The zero-order chi connectivity index (χ0) is 29.2. The van der Waals surface area contributed by atoms with Crippen molar-refractivity contribution in [2.75, 3.05) is 31.7 Å². The van der Waals surface area contributed by atoms with Crippen molar-refractivity contribution in [1.29, 1.82) is 0 Å². The third-order valence-corrected chi connectivity index (χ3v) is 7.65. The normalized spacial score (nSPS) is 15.5. The highest BCUT2D eigenvalue weighted by atomic mass is 35.5. The Morgan fingerprint density at radius 1 is 1.15 bits per heavy atom. The van der Waals surface area contributed by atoms with Crippen molar-refractivity contribution in [3.05, 3.63) is 89.6 Å². The van der Waals surface area contributed by atoms with Crippen LogP contribution < -0.4 is 24.5 Å². The van der Waals surface area contributed by atoms with E-state index in [1.165, 1.54) is 38.3 Å². The number of hydrogen-bond acceptors (Lipinski definition) is 7. The van der Waals surface area contributed by atoms with Gasteiger partial charge >= 0.3 is 12.1 Å². The Hall–Kier alpha value is -3.57. The zero-order valence-electron chi connectivity index (χ0n) is 22.2. The first-order valence-corrected chi connectivity index (χ1v) is 13.7. The van der Waals surface area contributed by atoms with Crippen molar-refractivity contribution < 1.29 is 27.4 Å². The summed E-state index contributed by atoms with van der Waals surface area (Å²) in [7, 11) is 1.50. The molecule has 2 aromatic carbocycles. The lowest BCUT2D eigenvalue weighted by molar-refractivity contribution is -0.140. The summed E-state index contributed by atoms with van der Waals surface area (Å²) >= 11 is 6.81. The number of aromatic nitrogens is 1. The highest BCUT2D eigenvalue weighted by molar-refractivity contribution is 7.07. The van der Waals surface area contributed by atoms with Crippen LogP contribution in [0.2, 0.25) is 5.02 Å². The number of alkyl halides is 3. The molecule has 1 aliphatic rings. The fourth-order valence-electron chi connectivity index (χ4n) is 4.55. The maximum atomic E-state index is 14.3. The smallest absolute Gasteiger partial charge is 0.434 e. The number of carbonyl (C=O) groups is 1. The van der Waals surface area contributed by atoms with Gasteiger partial charge in [-0.2, -0.15) is 13.2 Å². The number of halogens is 4. The Morgan fingerprint density at radius 2 is 1.82 bits per heavy atom. The number of anilines is 1. The molecule has 40 heavy (non-hydrogen) atoms. The highest BCUT2D eigenvalue weighted by Gasteiger charge is 2.45. The number of carbonyl (C=O) groups excluding carboxylic acids is 1. The van der Waals surface area contributed by atoms with Crippen LogP contribution >= 0.6 is 22.9 Å². The predicted octanol–water partition coefficient (Wildman–Crippen LogP) is 4.85. The first kappa shape index (κ1) is 29.4. The molecule has 12 heteroatoms. The molecule has 0 radical (unpaired) electrons. The summed E-state index contributed by atoms with van der Waals surface area (Å²) in [6, 6.07) is 9.97. The van der Waals surface area contributed by atoms with E-state index in [9.17, 15) is 22.8 Å². The molecule has 0 spiro atoms. The van der Waals surface area contributed by atoms with E-state index >= 15 is 0 Å². The van der Waals surface area contributed by atoms with Crippen LogP contribution in [0.25, 0.3) is 6.08 Å². The number of fused-ring (bicyclic) bond motifs is 1. The van der Waals surface area contributed by atoms with E-state index in [2.05, 4.69) is 9.89 Å². The molecule has 0 aliphatic carbocycles. The van der Waals surface area contributed by atoms with Crippen molar-refractivity contribution in [2.45, 2.75) is 33.0 Å². The second kappa shape index (κ2) is 11.9. The van der Waals surface area contributed by atoms with Crippen LogP contribution in [0.1, 0.15) is 37.9 Å². The molecule has 3 aromatic rings. The van der Waals surface area contributed by atoms with Gasteiger partial charge in [-0.3, -0.25) is 9.36 Å². The van der Waals surface area contributed by atoms with Gasteiger partial charge in [-0.1, -0.05) is 35.1 Å². The van der Waals surface area contributed by atoms with Gasteiger partial charge in [0.05, 0.1) is 29.9 Å². The molecule has 0 saturated carbocycles. The number of allylic oxidation sites excluding steroid dienone is 1. The molecule has 1 aromatic heterocycles. The molecule has 0 saturated heterocycles. The maximum absolute atomic E-state index is 14.3. The molecule has 4 rings (SSSR count). The average molecular weight is 594 g/mol. The number of rotatable bonds is 8. The molecule has 0 amide bonds. The first-order chi connectivity index (χ1) is 19.0. The molecule has 1 atom stereocenters. The highest BCUT2D eigenvalue weighted by Crippen LogP contribution is 2.38. The molecule has 0 N–H and O–H groups in total. The number of nitrogens with zero attached hydrogens (tertiary/aromatic N) is 3. The summed E-state index contributed by atoms with van der Waals surface area (Å²) in [5, 5.41) is 0.342. The molecule has 7 nitrogen and oxygen atoms in total. The van der Waals surface area contributed by atoms with E-state index in [1.807, 2.05) is 26.0 Å². The zero-order valence-corrected chi connectivity index (χ0v) is 23.8. The third kappa shape index (κ3) is 5.66. The van der Waals surface area contributed by atoms with Gasteiger partial charge in [0.1, 0.15) is 5.75 Å². The van der Waals surface area contributed by atoms with E-state index < -0.39 is 35.0 Å². The van der Waals surface area contributed by atoms with Crippen molar-refractivity contribution >= 4 is 40.7 Å². The summed E-state index contributed by atoms with van der Waals surface area (Å²) in [5.41, 5.74) is -1.04. The minimum Gasteiger partial charge on any atom is -0.496 e. The predicted molar refractivity (Wildman–Crippen MR) is 149 cm³/mol. The Kier molecular flexibility index (Phi) is 8.74. The molecular formula is C28H27ClF3N3O4S. The second-order valence-corrected chi connectivity index (χ2v) is 10.2. The van der Waals surface area contributed by atoms with Crippen LogP contribution in [0, 0.1) is 0 Å². The Balaban J connectivity index is 1.99. The van der Waals surface area contributed by atoms with E-state index in [0.29, 0.717) is 16.3 Å². The number of esters is 1. The molecule has 2 heterocycles. The fourth-order valence-corrected chi connectivity index (χ4v) is 5.66. The van der Waals surface area contributed by atoms with Gasteiger partial charge in [0.25, 0.3) is 5.56 Å². The average Bonchev–Trinajstić information content (AvgIpc) is 3.23.